The van der Waals surface area contributed by atoms with Gasteiger partial charge >= 0.3 is 0 Å². The maximum atomic E-state index is 11.6. The van der Waals surface area contributed by atoms with E-state index >= 15 is 0 Å². The number of amides is 1. The summed E-state index contributed by atoms with van der Waals surface area (Å²) in [6.45, 7) is 1.76. The average molecular weight is 461 g/mol. The Balaban J connectivity index is 1.46. The molecule has 0 aliphatic rings. The molecule has 1 amide bonds. The molecule has 0 saturated heterocycles. The topological polar surface area (TPSA) is 152 Å². The fourth-order valence-electron chi connectivity index (χ4n) is 4.04. The van der Waals surface area contributed by atoms with Crippen LogP contribution in [0.2, 0.25) is 0 Å². The minimum absolute atomic E-state index is 0.403. The van der Waals surface area contributed by atoms with Crippen molar-refractivity contribution in [2.45, 2.75) is 12.8 Å². The highest BCUT2D eigenvalue weighted by Gasteiger charge is 2.17. The largest absolute Gasteiger partial charge is 0.369 e. The number of nitrogens with one attached hydrogen (secondary N) is 2. The molecule has 10 heteroatoms. The number of hydrogen-bond acceptors (Lipinski definition) is 7. The predicted molar refractivity (Wildman–Crippen MR) is 131 cm³/mol. The highest BCUT2D eigenvalue weighted by Crippen LogP contribution is 2.32. The van der Waals surface area contributed by atoms with Crippen LogP contribution in [0.3, 0.4) is 0 Å². The van der Waals surface area contributed by atoms with Crippen LogP contribution in [0.5, 0.6) is 0 Å². The molecular weight excluding hydrogens is 442 g/mol. The second-order valence-corrected chi connectivity index (χ2v) is 8.24. The number of imidazole rings is 1. The molecule has 0 aromatic carbocycles. The van der Waals surface area contributed by atoms with Gasteiger partial charge in [-0.05, 0) is 30.7 Å². The number of fused-ring (bicyclic) bond motifs is 2. The van der Waals surface area contributed by atoms with Gasteiger partial charge < -0.3 is 10.7 Å². The number of hydrogen-bond donors (Lipinski definition) is 3. The number of pyridine rings is 4. The number of rotatable bonds is 5. The summed E-state index contributed by atoms with van der Waals surface area (Å²) in [5.41, 5.74) is 12.5. The van der Waals surface area contributed by atoms with E-state index in [1.807, 2.05) is 24.3 Å². The first-order chi connectivity index (χ1) is 17.1. The summed E-state index contributed by atoms with van der Waals surface area (Å²) in [6, 6.07) is 7.73. The lowest BCUT2D eigenvalue weighted by Crippen LogP contribution is -2.18. The molecule has 0 radical (unpaired) electrons. The van der Waals surface area contributed by atoms with Gasteiger partial charge in [0, 0.05) is 59.4 Å². The van der Waals surface area contributed by atoms with Crippen molar-refractivity contribution in [1.82, 2.24) is 40.1 Å². The first-order valence-electron chi connectivity index (χ1n) is 10.9. The maximum Gasteiger partial charge on any atom is 0.224 e. The van der Waals surface area contributed by atoms with Gasteiger partial charge in [-0.25, -0.2) is 9.97 Å². The summed E-state index contributed by atoms with van der Waals surface area (Å²) < 4.78 is 0. The quantitative estimate of drug-likeness (QED) is 0.354. The van der Waals surface area contributed by atoms with Crippen LogP contribution in [0.25, 0.3) is 55.8 Å². The number of primary amides is 1. The van der Waals surface area contributed by atoms with E-state index in [1.165, 1.54) is 0 Å². The van der Waals surface area contributed by atoms with Crippen molar-refractivity contribution >= 4 is 28.0 Å². The molecule has 0 saturated carbocycles. The van der Waals surface area contributed by atoms with Crippen LogP contribution in [-0.4, -0.2) is 46.0 Å². The second-order valence-electron chi connectivity index (χ2n) is 8.24. The molecule has 6 rings (SSSR count). The van der Waals surface area contributed by atoms with Gasteiger partial charge in [-0.1, -0.05) is 6.07 Å². The van der Waals surface area contributed by atoms with E-state index in [1.54, 1.807) is 50.3 Å². The maximum absolute atomic E-state index is 11.6. The SMILES string of the molecule is CC(C(N)=O)c1cncc(-c2cnc3n[nH]c(-c4nc5c(-c6cccnc6)cncc5[nH]4)c3c2)c1. The molecule has 4 N–H and O–H groups in total. The Kier molecular flexibility index (Phi) is 4.77. The Morgan fingerprint density at radius 1 is 0.971 bits per heavy atom. The average Bonchev–Trinajstić information content (AvgIpc) is 3.52. The smallest absolute Gasteiger partial charge is 0.224 e. The summed E-state index contributed by atoms with van der Waals surface area (Å²) in [7, 11) is 0. The van der Waals surface area contributed by atoms with Crippen molar-refractivity contribution < 1.29 is 4.79 Å². The highest BCUT2D eigenvalue weighted by atomic mass is 16.1. The van der Waals surface area contributed by atoms with Crippen LogP contribution < -0.4 is 5.73 Å². The summed E-state index contributed by atoms with van der Waals surface area (Å²) in [5, 5.41) is 8.21. The van der Waals surface area contributed by atoms with Gasteiger partial charge in [-0.3, -0.25) is 24.8 Å². The molecule has 0 fully saturated rings. The normalized spacial score (nSPS) is 12.3. The van der Waals surface area contributed by atoms with Gasteiger partial charge in [0.25, 0.3) is 0 Å². The lowest BCUT2D eigenvalue weighted by molar-refractivity contribution is -0.119. The Morgan fingerprint density at radius 2 is 1.80 bits per heavy atom. The molecule has 35 heavy (non-hydrogen) atoms. The van der Waals surface area contributed by atoms with Crippen molar-refractivity contribution in [3.8, 4) is 33.8 Å². The molecule has 1 atom stereocenters. The number of aromatic nitrogens is 8. The number of nitrogens with two attached hydrogens (primary N) is 1. The molecule has 0 aliphatic heterocycles. The third kappa shape index (κ3) is 3.57. The number of carbonyl (C=O) groups excluding carboxylic acids is 1. The molecule has 0 aliphatic carbocycles. The zero-order valence-electron chi connectivity index (χ0n) is 18.6. The summed E-state index contributed by atoms with van der Waals surface area (Å²) in [5.74, 6) is -0.227. The zero-order chi connectivity index (χ0) is 23.9. The zero-order valence-corrected chi connectivity index (χ0v) is 18.6. The fraction of sp³-hybridized carbons (Fsp3) is 0.0800. The van der Waals surface area contributed by atoms with Crippen molar-refractivity contribution in [3.63, 3.8) is 0 Å². The Labute approximate surface area is 198 Å². The minimum atomic E-state index is -0.443. The first-order valence-corrected chi connectivity index (χ1v) is 10.9. The molecule has 0 bridgehead atoms. The Bertz CT molecular complexity index is 1700. The second kappa shape index (κ2) is 8.10. The predicted octanol–water partition coefficient (Wildman–Crippen LogP) is 3.61. The summed E-state index contributed by atoms with van der Waals surface area (Å²) >= 11 is 0. The van der Waals surface area contributed by atoms with Crippen LogP contribution >= 0.6 is 0 Å². The number of nitrogens with zero attached hydrogens (tertiary/aromatic N) is 6. The van der Waals surface area contributed by atoms with Crippen molar-refractivity contribution in [3.05, 3.63) is 73.2 Å². The van der Waals surface area contributed by atoms with E-state index in [2.05, 4.69) is 35.1 Å². The number of H-pyrrole nitrogens is 2. The van der Waals surface area contributed by atoms with E-state index in [-0.39, 0.29) is 0 Å². The van der Waals surface area contributed by atoms with Gasteiger partial charge in [-0.15, -0.1) is 0 Å². The van der Waals surface area contributed by atoms with Gasteiger partial charge in [0.15, 0.2) is 11.5 Å². The Hall–Kier alpha value is -4.99. The monoisotopic (exact) mass is 461 g/mol. The van der Waals surface area contributed by atoms with Gasteiger partial charge in [0.2, 0.25) is 5.91 Å². The molecule has 0 spiro atoms. The van der Waals surface area contributed by atoms with E-state index in [0.717, 1.165) is 44.2 Å². The summed E-state index contributed by atoms with van der Waals surface area (Å²) in [6.07, 6.45) is 12.1. The molecule has 6 aromatic heterocycles. The number of aromatic amines is 2. The molecule has 6 heterocycles. The lowest BCUT2D eigenvalue weighted by atomic mass is 9.99. The van der Waals surface area contributed by atoms with Crippen LogP contribution in [0.4, 0.5) is 0 Å². The Morgan fingerprint density at radius 3 is 2.63 bits per heavy atom. The molecule has 1 unspecified atom stereocenters. The first kappa shape index (κ1) is 20.6. The molecule has 6 aromatic rings. The molecular formula is C25H19N9O. The van der Waals surface area contributed by atoms with Gasteiger partial charge in [0.1, 0.15) is 11.2 Å². The van der Waals surface area contributed by atoms with Crippen molar-refractivity contribution in [2.75, 3.05) is 0 Å². The van der Waals surface area contributed by atoms with E-state index < -0.39 is 11.8 Å². The fourth-order valence-corrected chi connectivity index (χ4v) is 4.04. The van der Waals surface area contributed by atoms with E-state index in [0.29, 0.717) is 17.2 Å². The van der Waals surface area contributed by atoms with Crippen LogP contribution in [0.1, 0.15) is 18.4 Å². The van der Waals surface area contributed by atoms with E-state index in [9.17, 15) is 4.79 Å². The minimum Gasteiger partial charge on any atom is -0.369 e. The van der Waals surface area contributed by atoms with Gasteiger partial charge in [-0.2, -0.15) is 5.10 Å². The van der Waals surface area contributed by atoms with Crippen molar-refractivity contribution in [1.29, 1.82) is 0 Å². The molecule has 170 valence electrons. The highest BCUT2D eigenvalue weighted by molar-refractivity contribution is 5.96. The third-order valence-electron chi connectivity index (χ3n) is 6.03. The lowest BCUT2D eigenvalue weighted by Gasteiger charge is -2.09. The van der Waals surface area contributed by atoms with Gasteiger partial charge in [0.05, 0.1) is 23.0 Å². The standard InChI is InChI=1S/C25H19N9O/c1-13(23(26)35)15-5-16(9-28-8-15)17-6-18-22(33-34-24(18)30-10-17)25-31-20-12-29-11-19(21(20)32-25)14-3-2-4-27-7-14/h2-13H,1H3,(H2,26,35)(H,31,32)(H,30,33,34). The van der Waals surface area contributed by atoms with Crippen LogP contribution in [0, 0.1) is 0 Å². The summed E-state index contributed by atoms with van der Waals surface area (Å²) in [4.78, 5) is 37.2. The van der Waals surface area contributed by atoms with Crippen LogP contribution in [-0.2, 0) is 4.79 Å². The van der Waals surface area contributed by atoms with E-state index in [4.69, 9.17) is 10.7 Å². The van der Waals surface area contributed by atoms with Crippen molar-refractivity contribution in [2.24, 2.45) is 5.73 Å². The number of carbonyl (C=O) groups is 1. The third-order valence-corrected chi connectivity index (χ3v) is 6.03. The molecule has 10 nitrogen and oxygen atoms in total. The van der Waals surface area contributed by atoms with Crippen LogP contribution in [0.15, 0.2) is 67.6 Å².